The third-order valence-electron chi connectivity index (χ3n) is 0.894. The first-order valence-electron chi connectivity index (χ1n) is 2.29. The largest absolute Gasteiger partial charge is 0.470 e. The van der Waals surface area contributed by atoms with Crippen LogP contribution >= 0.6 is 0 Å². The maximum atomic E-state index is 4.94. The van der Waals surface area contributed by atoms with Crippen molar-refractivity contribution in [2.75, 3.05) is 13.4 Å². The third-order valence-corrected chi connectivity index (χ3v) is 0.894. The zero-order valence-corrected chi connectivity index (χ0v) is 4.31. The number of rotatable bonds is 0. The minimum absolute atomic E-state index is 0.430. The molecule has 1 heterocycles. The molecule has 7 heavy (non-hydrogen) atoms. The molecule has 0 radical (unpaired) electrons. The highest BCUT2D eigenvalue weighted by atomic mass is 16.7. The van der Waals surface area contributed by atoms with Crippen LogP contribution in [0, 0.1) is 0 Å². The van der Waals surface area contributed by atoms with Crippen LogP contribution in [0.25, 0.3) is 0 Å². The molecule has 2 nitrogen and oxygen atoms in total. The first-order valence-corrected chi connectivity index (χ1v) is 2.29. The third kappa shape index (κ3) is 0.933. The molecule has 0 aliphatic carbocycles. The number of allylic oxidation sites excluding steroid dienone is 1. The summed E-state index contributed by atoms with van der Waals surface area (Å²) in [5.41, 5.74) is 0. The number of ether oxygens (including phenoxy) is 2. The van der Waals surface area contributed by atoms with Gasteiger partial charge in [-0.3, -0.25) is 0 Å². The minimum atomic E-state index is 0.430. The molecular formula is C5H8O2. The van der Waals surface area contributed by atoms with Gasteiger partial charge in [-0.05, 0) is 13.0 Å². The minimum Gasteiger partial charge on any atom is -0.470 e. The summed E-state index contributed by atoms with van der Waals surface area (Å²) in [4.78, 5) is 0. The van der Waals surface area contributed by atoms with E-state index in [0.29, 0.717) is 13.4 Å². The fourth-order valence-electron chi connectivity index (χ4n) is 0.468. The van der Waals surface area contributed by atoms with Crippen LogP contribution in [0.3, 0.4) is 0 Å². The zero-order valence-electron chi connectivity index (χ0n) is 4.31. The van der Waals surface area contributed by atoms with Crippen LogP contribution < -0.4 is 0 Å². The van der Waals surface area contributed by atoms with Crippen molar-refractivity contribution in [2.24, 2.45) is 0 Å². The molecule has 0 aromatic carbocycles. The van der Waals surface area contributed by atoms with E-state index in [1.54, 1.807) is 0 Å². The van der Waals surface area contributed by atoms with Crippen LogP contribution in [0.4, 0.5) is 0 Å². The van der Waals surface area contributed by atoms with Crippen molar-refractivity contribution in [3.05, 3.63) is 11.8 Å². The number of hydrogen-bond donors (Lipinski definition) is 0. The van der Waals surface area contributed by atoms with Crippen LogP contribution in [0.15, 0.2) is 11.8 Å². The monoisotopic (exact) mass is 100 g/mol. The van der Waals surface area contributed by atoms with Gasteiger partial charge >= 0.3 is 0 Å². The molecule has 0 saturated carbocycles. The smallest absolute Gasteiger partial charge is 0.189 e. The van der Waals surface area contributed by atoms with Gasteiger partial charge in [0.25, 0.3) is 0 Å². The normalized spacial score (nSPS) is 25.6. The Morgan fingerprint density at radius 2 is 2.57 bits per heavy atom. The summed E-state index contributed by atoms with van der Waals surface area (Å²) in [6.45, 7) is 3.01. The molecule has 1 saturated heterocycles. The summed E-state index contributed by atoms with van der Waals surface area (Å²) >= 11 is 0. The Balaban J connectivity index is 2.41. The van der Waals surface area contributed by atoms with Crippen molar-refractivity contribution >= 4 is 0 Å². The van der Waals surface area contributed by atoms with E-state index in [-0.39, 0.29) is 0 Å². The van der Waals surface area contributed by atoms with Crippen molar-refractivity contribution < 1.29 is 9.47 Å². The van der Waals surface area contributed by atoms with E-state index in [9.17, 15) is 0 Å². The maximum Gasteiger partial charge on any atom is 0.189 e. The average molecular weight is 100 g/mol. The first-order chi connectivity index (χ1) is 3.43. The van der Waals surface area contributed by atoms with E-state index in [0.717, 1.165) is 5.76 Å². The molecule has 0 aromatic heterocycles. The van der Waals surface area contributed by atoms with Gasteiger partial charge in [-0.25, -0.2) is 0 Å². The summed E-state index contributed by atoms with van der Waals surface area (Å²) in [6, 6.07) is 0. The zero-order chi connectivity index (χ0) is 5.11. The highest BCUT2D eigenvalue weighted by molar-refractivity contribution is 4.91. The Kier molecular flexibility index (Phi) is 1.32. The van der Waals surface area contributed by atoms with Gasteiger partial charge in [0.1, 0.15) is 12.4 Å². The Labute approximate surface area is 42.7 Å². The van der Waals surface area contributed by atoms with Crippen LogP contribution in [0.2, 0.25) is 0 Å². The molecule has 0 unspecified atom stereocenters. The lowest BCUT2D eigenvalue weighted by molar-refractivity contribution is 0.0799. The molecule has 1 aliphatic heterocycles. The first kappa shape index (κ1) is 4.65. The Bertz CT molecular complexity index is 78.1. The van der Waals surface area contributed by atoms with E-state index in [1.165, 1.54) is 0 Å². The van der Waals surface area contributed by atoms with Crippen molar-refractivity contribution in [3.8, 4) is 0 Å². The van der Waals surface area contributed by atoms with Gasteiger partial charge < -0.3 is 9.47 Å². The molecule has 0 aromatic rings. The predicted octanol–water partition coefficient (Wildman–Crippen LogP) is 0.895. The SMILES string of the molecule is CC=C1COCO1. The molecule has 1 fully saturated rings. The molecule has 2 heteroatoms. The van der Waals surface area contributed by atoms with Gasteiger partial charge in [0, 0.05) is 0 Å². The molecule has 0 bridgehead atoms. The van der Waals surface area contributed by atoms with Crippen molar-refractivity contribution in [2.45, 2.75) is 6.92 Å². The molecule has 1 aliphatic rings. The van der Waals surface area contributed by atoms with E-state index in [2.05, 4.69) is 0 Å². The van der Waals surface area contributed by atoms with E-state index < -0.39 is 0 Å². The highest BCUT2D eigenvalue weighted by Crippen LogP contribution is 2.04. The second-order valence-corrected chi connectivity index (χ2v) is 1.37. The highest BCUT2D eigenvalue weighted by Gasteiger charge is 2.03. The molecule has 40 valence electrons. The van der Waals surface area contributed by atoms with Crippen molar-refractivity contribution in [1.29, 1.82) is 0 Å². The maximum absolute atomic E-state index is 4.94. The summed E-state index contributed by atoms with van der Waals surface area (Å²) in [5, 5.41) is 0. The fraction of sp³-hybridized carbons (Fsp3) is 0.600. The predicted molar refractivity (Wildman–Crippen MR) is 25.7 cm³/mol. The van der Waals surface area contributed by atoms with Gasteiger partial charge in [0.05, 0.1) is 0 Å². The molecule has 0 spiro atoms. The van der Waals surface area contributed by atoms with Crippen molar-refractivity contribution in [3.63, 3.8) is 0 Å². The van der Waals surface area contributed by atoms with Crippen LogP contribution in [-0.2, 0) is 9.47 Å². The lowest BCUT2D eigenvalue weighted by atomic mass is 10.5. The summed E-state index contributed by atoms with van der Waals surface area (Å²) < 4.78 is 9.80. The molecule has 0 amide bonds. The van der Waals surface area contributed by atoms with Gasteiger partial charge in [-0.1, -0.05) is 0 Å². The van der Waals surface area contributed by atoms with Gasteiger partial charge in [-0.2, -0.15) is 0 Å². The van der Waals surface area contributed by atoms with Crippen LogP contribution in [0.1, 0.15) is 6.92 Å². The number of hydrogen-bond acceptors (Lipinski definition) is 2. The second kappa shape index (κ2) is 1.98. The van der Waals surface area contributed by atoms with Crippen molar-refractivity contribution in [1.82, 2.24) is 0 Å². The van der Waals surface area contributed by atoms with Gasteiger partial charge in [-0.15, -0.1) is 0 Å². The second-order valence-electron chi connectivity index (χ2n) is 1.37. The molecule has 1 rings (SSSR count). The average Bonchev–Trinajstić information content (AvgIpc) is 2.14. The summed E-state index contributed by atoms with van der Waals surface area (Å²) in [7, 11) is 0. The lowest BCUT2D eigenvalue weighted by Crippen LogP contribution is -1.78. The van der Waals surface area contributed by atoms with E-state index in [1.807, 2.05) is 13.0 Å². The van der Waals surface area contributed by atoms with Gasteiger partial charge in [0.15, 0.2) is 6.79 Å². The van der Waals surface area contributed by atoms with Gasteiger partial charge in [0.2, 0.25) is 0 Å². The molecule has 0 N–H and O–H groups in total. The molecule has 0 atom stereocenters. The fourth-order valence-corrected chi connectivity index (χ4v) is 0.468. The summed E-state index contributed by atoms with van der Waals surface area (Å²) in [5.74, 6) is 0.944. The Morgan fingerprint density at radius 1 is 1.71 bits per heavy atom. The van der Waals surface area contributed by atoms with E-state index in [4.69, 9.17) is 9.47 Å². The standard InChI is InChI=1S/C5H8O2/c1-2-5-3-6-4-7-5/h2H,3-4H2,1H3. The Morgan fingerprint density at radius 3 is 2.86 bits per heavy atom. The van der Waals surface area contributed by atoms with Crippen LogP contribution in [-0.4, -0.2) is 13.4 Å². The summed E-state index contributed by atoms with van der Waals surface area (Å²) in [6.07, 6.45) is 1.91. The van der Waals surface area contributed by atoms with E-state index >= 15 is 0 Å². The topological polar surface area (TPSA) is 18.5 Å². The van der Waals surface area contributed by atoms with Crippen LogP contribution in [0.5, 0.6) is 0 Å². The molecular weight excluding hydrogens is 92.1 g/mol. The lowest BCUT2D eigenvalue weighted by Gasteiger charge is -1.87. The quantitative estimate of drug-likeness (QED) is 0.450. The Hall–Kier alpha value is -0.500.